The van der Waals surface area contributed by atoms with Crippen molar-refractivity contribution in [2.45, 2.75) is 25.7 Å². The number of benzene rings is 1. The van der Waals surface area contributed by atoms with Crippen LogP contribution in [0.15, 0.2) is 36.7 Å². The molecule has 0 spiro atoms. The number of anilines is 3. The summed E-state index contributed by atoms with van der Waals surface area (Å²) in [5, 5.41) is 1.22. The van der Waals surface area contributed by atoms with Crippen LogP contribution in [-0.2, 0) is 17.6 Å². The molecule has 1 aromatic carbocycles. The number of rotatable bonds is 4. The highest BCUT2D eigenvalue weighted by molar-refractivity contribution is 7.26. The van der Waals surface area contributed by atoms with Crippen molar-refractivity contribution in [2.24, 2.45) is 0 Å². The van der Waals surface area contributed by atoms with Gasteiger partial charge in [-0.05, 0) is 48.9 Å². The first-order valence-corrected chi connectivity index (χ1v) is 11.7. The van der Waals surface area contributed by atoms with Crippen LogP contribution in [-0.4, -0.2) is 41.3 Å². The SMILES string of the molecule is c1ccc(NNc2ncnc3c2sc2nc(N4CCOCC4)c4c(c23)CCCC4)cc1. The third-order valence-electron chi connectivity index (χ3n) is 6.11. The van der Waals surface area contributed by atoms with Crippen molar-refractivity contribution < 1.29 is 4.74 Å². The van der Waals surface area contributed by atoms with Crippen LogP contribution in [0.1, 0.15) is 24.0 Å². The molecule has 1 aliphatic carbocycles. The second-order valence-corrected chi connectivity index (χ2v) is 9.00. The molecule has 7 nitrogen and oxygen atoms in total. The van der Waals surface area contributed by atoms with Crippen LogP contribution in [0.3, 0.4) is 0 Å². The Kier molecular flexibility index (Phi) is 4.81. The first kappa shape index (κ1) is 18.8. The molecule has 1 aliphatic heterocycles. The monoisotopic (exact) mass is 432 g/mol. The summed E-state index contributed by atoms with van der Waals surface area (Å²) in [6, 6.07) is 10.0. The highest BCUT2D eigenvalue weighted by atomic mass is 32.1. The van der Waals surface area contributed by atoms with Crippen molar-refractivity contribution in [2.75, 3.05) is 42.1 Å². The third-order valence-corrected chi connectivity index (χ3v) is 7.19. The number of fused-ring (bicyclic) bond motifs is 5. The van der Waals surface area contributed by atoms with Gasteiger partial charge in [0.15, 0.2) is 5.82 Å². The maximum absolute atomic E-state index is 5.58. The van der Waals surface area contributed by atoms with Crippen LogP contribution in [0.2, 0.25) is 0 Å². The standard InChI is InChI=1S/C23H24N6OS/c1-2-6-15(7-3-1)27-28-21-20-19(24-14-25-21)18-16-8-4-5-9-17(16)22(26-23(18)31-20)29-10-12-30-13-11-29/h1-3,6-7,14,27H,4-5,8-13H2,(H,24,25,28). The predicted octanol–water partition coefficient (Wildman–Crippen LogP) is 4.39. The van der Waals surface area contributed by atoms with E-state index >= 15 is 0 Å². The van der Waals surface area contributed by atoms with E-state index in [1.807, 2.05) is 30.3 Å². The lowest BCUT2D eigenvalue weighted by atomic mass is 9.90. The van der Waals surface area contributed by atoms with Gasteiger partial charge in [0, 0.05) is 18.5 Å². The summed E-state index contributed by atoms with van der Waals surface area (Å²) in [5.74, 6) is 1.94. The summed E-state index contributed by atoms with van der Waals surface area (Å²) in [4.78, 5) is 17.8. The Morgan fingerprint density at radius 2 is 1.74 bits per heavy atom. The molecule has 1 saturated heterocycles. The smallest absolute Gasteiger partial charge is 0.165 e. The van der Waals surface area contributed by atoms with E-state index in [-0.39, 0.29) is 0 Å². The number of nitrogens with zero attached hydrogens (tertiary/aromatic N) is 4. The number of para-hydroxylation sites is 1. The molecule has 31 heavy (non-hydrogen) atoms. The van der Waals surface area contributed by atoms with Crippen molar-refractivity contribution >= 4 is 49.1 Å². The van der Waals surface area contributed by atoms with E-state index < -0.39 is 0 Å². The summed E-state index contributed by atoms with van der Waals surface area (Å²) < 4.78 is 6.62. The fourth-order valence-corrected chi connectivity index (χ4v) is 5.72. The highest BCUT2D eigenvalue weighted by Crippen LogP contribution is 2.42. The normalized spacial score (nSPS) is 16.5. The topological polar surface area (TPSA) is 75.2 Å². The molecule has 4 aromatic rings. The fraction of sp³-hybridized carbons (Fsp3) is 0.348. The Balaban J connectivity index is 1.47. The van der Waals surface area contributed by atoms with Crippen LogP contribution >= 0.6 is 11.3 Å². The van der Waals surface area contributed by atoms with Gasteiger partial charge >= 0.3 is 0 Å². The Morgan fingerprint density at radius 3 is 2.58 bits per heavy atom. The van der Waals surface area contributed by atoms with Gasteiger partial charge in [0.2, 0.25) is 0 Å². The van der Waals surface area contributed by atoms with Gasteiger partial charge in [0.25, 0.3) is 0 Å². The van der Waals surface area contributed by atoms with E-state index in [9.17, 15) is 0 Å². The van der Waals surface area contributed by atoms with Crippen LogP contribution in [0.4, 0.5) is 17.3 Å². The molecule has 0 bridgehead atoms. The third kappa shape index (κ3) is 3.36. The number of hydrogen-bond acceptors (Lipinski definition) is 8. The van der Waals surface area contributed by atoms with Gasteiger partial charge in [-0.1, -0.05) is 18.2 Å². The van der Waals surface area contributed by atoms with Gasteiger partial charge in [0.1, 0.15) is 17.0 Å². The Morgan fingerprint density at radius 1 is 0.935 bits per heavy atom. The Bertz CT molecular complexity index is 1240. The summed E-state index contributed by atoms with van der Waals surface area (Å²) >= 11 is 1.68. The van der Waals surface area contributed by atoms with E-state index in [1.54, 1.807) is 17.7 Å². The number of aryl methyl sites for hydroxylation is 1. The molecular formula is C23H24N6OS. The lowest BCUT2D eigenvalue weighted by Crippen LogP contribution is -2.37. The Hall–Kier alpha value is -2.97. The first-order valence-electron chi connectivity index (χ1n) is 10.9. The summed E-state index contributed by atoms with van der Waals surface area (Å²) in [5.41, 5.74) is 11.4. The van der Waals surface area contributed by atoms with Gasteiger partial charge in [-0.25, -0.2) is 15.0 Å². The predicted molar refractivity (Wildman–Crippen MR) is 126 cm³/mol. The van der Waals surface area contributed by atoms with Crippen molar-refractivity contribution in [3.63, 3.8) is 0 Å². The van der Waals surface area contributed by atoms with Gasteiger partial charge in [-0.3, -0.25) is 10.9 Å². The van der Waals surface area contributed by atoms with Crippen LogP contribution in [0.25, 0.3) is 20.4 Å². The minimum absolute atomic E-state index is 0.769. The highest BCUT2D eigenvalue weighted by Gasteiger charge is 2.26. The number of morpholine rings is 1. The molecule has 4 heterocycles. The van der Waals surface area contributed by atoms with E-state index in [2.05, 4.69) is 20.7 Å². The van der Waals surface area contributed by atoms with Crippen LogP contribution in [0, 0.1) is 0 Å². The van der Waals surface area contributed by atoms with Crippen molar-refractivity contribution in [3.05, 3.63) is 47.8 Å². The zero-order chi connectivity index (χ0) is 20.6. The molecular weight excluding hydrogens is 408 g/mol. The van der Waals surface area contributed by atoms with Crippen molar-refractivity contribution in [1.29, 1.82) is 0 Å². The quantitative estimate of drug-likeness (QED) is 0.463. The van der Waals surface area contributed by atoms with E-state index in [0.29, 0.717) is 0 Å². The molecule has 0 unspecified atom stereocenters. The number of ether oxygens (including phenoxy) is 1. The Labute approximate surface area is 184 Å². The largest absolute Gasteiger partial charge is 0.378 e. The summed E-state index contributed by atoms with van der Waals surface area (Å²) in [7, 11) is 0. The number of pyridine rings is 1. The van der Waals surface area contributed by atoms with E-state index in [1.165, 1.54) is 29.4 Å². The number of hydrazine groups is 1. The molecule has 0 saturated carbocycles. The minimum Gasteiger partial charge on any atom is -0.378 e. The van der Waals surface area contributed by atoms with E-state index in [0.717, 1.165) is 71.5 Å². The van der Waals surface area contributed by atoms with E-state index in [4.69, 9.17) is 14.7 Å². The minimum atomic E-state index is 0.769. The average Bonchev–Trinajstić information content (AvgIpc) is 3.23. The van der Waals surface area contributed by atoms with Gasteiger partial charge < -0.3 is 9.64 Å². The number of nitrogens with one attached hydrogen (secondary N) is 2. The zero-order valence-electron chi connectivity index (χ0n) is 17.2. The van der Waals surface area contributed by atoms with Gasteiger partial charge in [-0.2, -0.15) is 0 Å². The average molecular weight is 433 g/mol. The molecule has 3 aromatic heterocycles. The summed E-state index contributed by atoms with van der Waals surface area (Å²) in [6.07, 6.45) is 6.27. The zero-order valence-corrected chi connectivity index (χ0v) is 18.0. The van der Waals surface area contributed by atoms with Gasteiger partial charge in [0.05, 0.1) is 29.1 Å². The van der Waals surface area contributed by atoms with Crippen molar-refractivity contribution in [1.82, 2.24) is 15.0 Å². The number of hydrogen-bond donors (Lipinski definition) is 2. The molecule has 0 radical (unpaired) electrons. The molecule has 158 valence electrons. The maximum atomic E-state index is 5.58. The van der Waals surface area contributed by atoms with Gasteiger partial charge in [-0.15, -0.1) is 11.3 Å². The second kappa shape index (κ2) is 7.94. The molecule has 6 rings (SSSR count). The first-order chi connectivity index (χ1) is 15.4. The lowest BCUT2D eigenvalue weighted by Gasteiger charge is -2.31. The van der Waals surface area contributed by atoms with Crippen LogP contribution in [0.5, 0.6) is 0 Å². The number of aromatic nitrogens is 3. The molecule has 2 N–H and O–H groups in total. The molecule has 8 heteroatoms. The molecule has 0 amide bonds. The summed E-state index contributed by atoms with van der Waals surface area (Å²) in [6.45, 7) is 3.35. The fourth-order valence-electron chi connectivity index (χ4n) is 4.62. The molecule has 1 fully saturated rings. The number of thiophene rings is 1. The lowest BCUT2D eigenvalue weighted by molar-refractivity contribution is 0.122. The van der Waals surface area contributed by atoms with Crippen molar-refractivity contribution in [3.8, 4) is 0 Å². The molecule has 0 atom stereocenters. The molecule has 2 aliphatic rings. The second-order valence-electron chi connectivity index (χ2n) is 8.00. The maximum Gasteiger partial charge on any atom is 0.165 e. The van der Waals surface area contributed by atoms with Crippen LogP contribution < -0.4 is 15.8 Å².